The van der Waals surface area contributed by atoms with E-state index in [0.717, 1.165) is 11.1 Å². The summed E-state index contributed by atoms with van der Waals surface area (Å²) in [7, 11) is 0. The lowest BCUT2D eigenvalue weighted by molar-refractivity contribution is 0.0691. The van der Waals surface area contributed by atoms with Crippen LogP contribution in [-0.4, -0.2) is 16.1 Å². The summed E-state index contributed by atoms with van der Waals surface area (Å²) >= 11 is 5.81. The number of benzene rings is 1. The number of carboxylic acids is 1. The summed E-state index contributed by atoms with van der Waals surface area (Å²) in [5, 5.41) is 8.98. The number of halogens is 1. The molecule has 0 aliphatic rings. The van der Waals surface area contributed by atoms with Crippen molar-refractivity contribution in [2.45, 2.75) is 6.54 Å². The molecule has 0 atom stereocenters. The van der Waals surface area contributed by atoms with Crippen molar-refractivity contribution in [2.75, 3.05) is 5.73 Å². The third-order valence-electron chi connectivity index (χ3n) is 2.67. The number of aromatic nitrogens is 1. The summed E-state index contributed by atoms with van der Waals surface area (Å²) in [6.07, 6.45) is 0. The summed E-state index contributed by atoms with van der Waals surface area (Å²) in [5.74, 6) is -1.21. The number of nitrogen functional groups attached to an aromatic ring is 1. The highest BCUT2D eigenvalue weighted by molar-refractivity contribution is 6.35. The topological polar surface area (TPSA) is 102 Å². The van der Waals surface area contributed by atoms with E-state index in [0.29, 0.717) is 12.2 Å². The number of carbonyl (C=O) groups is 1. The molecule has 0 saturated carbocycles. The van der Waals surface area contributed by atoms with Crippen molar-refractivity contribution >= 4 is 23.3 Å². The number of pyridine rings is 1. The van der Waals surface area contributed by atoms with Gasteiger partial charge < -0.3 is 16.6 Å². The van der Waals surface area contributed by atoms with Crippen molar-refractivity contribution in [3.05, 3.63) is 46.6 Å². The van der Waals surface area contributed by atoms with Crippen LogP contribution in [0.4, 0.5) is 5.69 Å². The molecule has 98 valence electrons. The second-order valence-corrected chi connectivity index (χ2v) is 4.34. The lowest BCUT2D eigenvalue weighted by atomic mass is 10.1. The molecule has 0 saturated heterocycles. The van der Waals surface area contributed by atoms with Gasteiger partial charge in [0.1, 0.15) is 0 Å². The van der Waals surface area contributed by atoms with Crippen molar-refractivity contribution in [2.24, 2.45) is 5.73 Å². The van der Waals surface area contributed by atoms with Crippen LogP contribution in [0.25, 0.3) is 11.3 Å². The standard InChI is InChI=1S/C13H12ClN3O2/c14-11-9(16)5-10(17-12(11)13(18)19)8-3-1-7(6-15)2-4-8/h1-5H,6,15H2,(H2,16,17)(H,18,19). The van der Waals surface area contributed by atoms with Gasteiger partial charge in [0.15, 0.2) is 5.69 Å². The van der Waals surface area contributed by atoms with Crippen molar-refractivity contribution in [1.29, 1.82) is 0 Å². The largest absolute Gasteiger partial charge is 0.476 e. The number of rotatable bonds is 3. The highest BCUT2D eigenvalue weighted by Gasteiger charge is 2.15. The van der Waals surface area contributed by atoms with Crippen LogP contribution in [0.15, 0.2) is 30.3 Å². The second kappa shape index (κ2) is 5.26. The Bertz CT molecular complexity index is 627. The van der Waals surface area contributed by atoms with E-state index in [-0.39, 0.29) is 16.4 Å². The molecule has 0 unspecified atom stereocenters. The molecule has 0 fully saturated rings. The number of hydrogen-bond acceptors (Lipinski definition) is 4. The average molecular weight is 278 g/mol. The third-order valence-corrected chi connectivity index (χ3v) is 3.07. The molecule has 0 bridgehead atoms. The van der Waals surface area contributed by atoms with Crippen molar-refractivity contribution in [3.8, 4) is 11.3 Å². The number of carboxylic acid groups (broad SMARTS) is 1. The zero-order chi connectivity index (χ0) is 14.0. The first-order valence-electron chi connectivity index (χ1n) is 5.51. The lowest BCUT2D eigenvalue weighted by Crippen LogP contribution is -2.05. The van der Waals surface area contributed by atoms with E-state index < -0.39 is 5.97 Å². The maximum Gasteiger partial charge on any atom is 0.356 e. The Morgan fingerprint density at radius 1 is 1.32 bits per heavy atom. The molecular weight excluding hydrogens is 266 g/mol. The SMILES string of the molecule is NCc1ccc(-c2cc(N)c(Cl)c(C(=O)O)n2)cc1. The number of anilines is 1. The minimum Gasteiger partial charge on any atom is -0.476 e. The van der Waals surface area contributed by atoms with Gasteiger partial charge in [-0.15, -0.1) is 0 Å². The van der Waals surface area contributed by atoms with Gasteiger partial charge in [0.25, 0.3) is 0 Å². The van der Waals surface area contributed by atoms with Crippen molar-refractivity contribution in [1.82, 2.24) is 4.98 Å². The number of nitrogens with two attached hydrogens (primary N) is 2. The van der Waals surface area contributed by atoms with E-state index in [4.69, 9.17) is 28.2 Å². The molecule has 2 aromatic rings. The summed E-state index contributed by atoms with van der Waals surface area (Å²) in [6, 6.07) is 8.86. The van der Waals surface area contributed by atoms with E-state index >= 15 is 0 Å². The number of hydrogen-bond donors (Lipinski definition) is 3. The molecule has 2 rings (SSSR count). The molecule has 0 aliphatic carbocycles. The van der Waals surface area contributed by atoms with E-state index in [1.54, 1.807) is 6.07 Å². The molecule has 0 aliphatic heterocycles. The predicted molar refractivity (Wildman–Crippen MR) is 73.9 cm³/mol. The van der Waals surface area contributed by atoms with Gasteiger partial charge in [-0.2, -0.15) is 0 Å². The lowest BCUT2D eigenvalue weighted by Gasteiger charge is -2.07. The Hall–Kier alpha value is -2.11. The summed E-state index contributed by atoms with van der Waals surface area (Å²) in [4.78, 5) is 15.1. The summed E-state index contributed by atoms with van der Waals surface area (Å²) < 4.78 is 0. The van der Waals surface area contributed by atoms with Gasteiger partial charge in [0.2, 0.25) is 0 Å². The molecular formula is C13H12ClN3O2. The fourth-order valence-corrected chi connectivity index (χ4v) is 1.83. The fraction of sp³-hybridized carbons (Fsp3) is 0.0769. The van der Waals surface area contributed by atoms with Crippen LogP contribution < -0.4 is 11.5 Å². The van der Waals surface area contributed by atoms with E-state index in [9.17, 15) is 4.79 Å². The smallest absolute Gasteiger partial charge is 0.356 e. The summed E-state index contributed by atoms with van der Waals surface area (Å²) in [6.45, 7) is 0.441. The van der Waals surface area contributed by atoms with Gasteiger partial charge in [-0.3, -0.25) is 0 Å². The van der Waals surface area contributed by atoms with Crippen LogP contribution in [0.2, 0.25) is 5.02 Å². The van der Waals surface area contributed by atoms with Gasteiger partial charge >= 0.3 is 5.97 Å². The summed E-state index contributed by atoms with van der Waals surface area (Å²) in [5.41, 5.74) is 13.3. The maximum absolute atomic E-state index is 11.0. The first kappa shape index (κ1) is 13.3. The monoisotopic (exact) mass is 277 g/mol. The molecule has 0 spiro atoms. The molecule has 1 aromatic heterocycles. The fourth-order valence-electron chi connectivity index (χ4n) is 1.65. The Labute approximate surface area is 114 Å². The van der Waals surface area contributed by atoms with Crippen LogP contribution in [-0.2, 0) is 6.54 Å². The molecule has 0 radical (unpaired) electrons. The van der Waals surface area contributed by atoms with Crippen LogP contribution in [0.5, 0.6) is 0 Å². The zero-order valence-corrected chi connectivity index (χ0v) is 10.7. The Morgan fingerprint density at radius 3 is 2.47 bits per heavy atom. The number of aromatic carboxylic acids is 1. The zero-order valence-electron chi connectivity index (χ0n) is 9.93. The predicted octanol–water partition coefficient (Wildman–Crippen LogP) is 2.14. The van der Waals surface area contributed by atoms with Gasteiger partial charge in [-0.05, 0) is 11.6 Å². The number of nitrogens with zero attached hydrogens (tertiary/aromatic N) is 1. The molecule has 5 nitrogen and oxygen atoms in total. The highest BCUT2D eigenvalue weighted by Crippen LogP contribution is 2.28. The second-order valence-electron chi connectivity index (χ2n) is 3.97. The Kier molecular flexibility index (Phi) is 3.69. The van der Waals surface area contributed by atoms with Gasteiger partial charge in [-0.1, -0.05) is 35.9 Å². The van der Waals surface area contributed by atoms with E-state index in [1.165, 1.54) is 0 Å². The molecule has 19 heavy (non-hydrogen) atoms. The maximum atomic E-state index is 11.0. The Morgan fingerprint density at radius 2 is 1.95 bits per heavy atom. The van der Waals surface area contributed by atoms with E-state index in [2.05, 4.69) is 4.98 Å². The average Bonchev–Trinajstić information content (AvgIpc) is 2.41. The molecule has 1 aromatic carbocycles. The quantitative estimate of drug-likeness (QED) is 0.798. The first-order valence-corrected chi connectivity index (χ1v) is 5.89. The van der Waals surface area contributed by atoms with Crippen LogP contribution >= 0.6 is 11.6 Å². The minimum absolute atomic E-state index is 0.0465. The van der Waals surface area contributed by atoms with Gasteiger partial charge in [0, 0.05) is 12.1 Å². The first-order chi connectivity index (χ1) is 9.02. The van der Waals surface area contributed by atoms with Crippen LogP contribution in [0.3, 0.4) is 0 Å². The van der Waals surface area contributed by atoms with Crippen LogP contribution in [0.1, 0.15) is 16.1 Å². The minimum atomic E-state index is -1.21. The Balaban J connectivity index is 2.52. The van der Waals surface area contributed by atoms with Crippen LogP contribution in [0, 0.1) is 0 Å². The van der Waals surface area contributed by atoms with Crippen molar-refractivity contribution in [3.63, 3.8) is 0 Å². The molecule has 0 amide bonds. The van der Waals surface area contributed by atoms with Crippen molar-refractivity contribution < 1.29 is 9.90 Å². The molecule has 5 N–H and O–H groups in total. The molecule has 6 heteroatoms. The van der Waals surface area contributed by atoms with Gasteiger partial charge in [0.05, 0.1) is 16.4 Å². The highest BCUT2D eigenvalue weighted by atomic mass is 35.5. The third kappa shape index (κ3) is 2.67. The van der Waals surface area contributed by atoms with Gasteiger partial charge in [-0.25, -0.2) is 9.78 Å². The van der Waals surface area contributed by atoms with E-state index in [1.807, 2.05) is 24.3 Å². The molecule has 1 heterocycles. The normalized spacial score (nSPS) is 10.4.